The highest BCUT2D eigenvalue weighted by atomic mass is 15.2. The number of fused-ring (bicyclic) bond motifs is 1. The van der Waals surface area contributed by atoms with Crippen molar-refractivity contribution in [2.75, 3.05) is 5.32 Å². The summed E-state index contributed by atoms with van der Waals surface area (Å²) in [6.45, 7) is 0. The van der Waals surface area contributed by atoms with Crippen LogP contribution in [0.2, 0.25) is 0 Å². The summed E-state index contributed by atoms with van der Waals surface area (Å²) in [5, 5.41) is 14.6. The van der Waals surface area contributed by atoms with Crippen molar-refractivity contribution in [2.45, 2.75) is 6.42 Å². The molecule has 2 aromatic heterocycles. The highest BCUT2D eigenvalue weighted by Crippen LogP contribution is 2.28. The Hall–Kier alpha value is -4.05. The number of pyridine rings is 1. The quantitative estimate of drug-likeness (QED) is 0.400. The van der Waals surface area contributed by atoms with Crippen LogP contribution in [-0.4, -0.2) is 15.2 Å². The molecule has 0 radical (unpaired) electrons. The van der Waals surface area contributed by atoms with Crippen LogP contribution in [0.3, 0.4) is 0 Å². The van der Waals surface area contributed by atoms with Gasteiger partial charge in [0.2, 0.25) is 0 Å². The van der Waals surface area contributed by atoms with E-state index in [0.29, 0.717) is 0 Å². The first-order chi connectivity index (χ1) is 14.9. The van der Waals surface area contributed by atoms with Gasteiger partial charge in [0.25, 0.3) is 0 Å². The van der Waals surface area contributed by atoms with Crippen molar-refractivity contribution in [3.63, 3.8) is 0 Å². The Kier molecular flexibility index (Phi) is 4.88. The number of nitrogens with one attached hydrogen (secondary N) is 1. The molecule has 144 valence electrons. The monoisotopic (exact) mass is 388 g/mol. The molecule has 0 saturated carbocycles. The van der Waals surface area contributed by atoms with Crippen molar-refractivity contribution in [3.8, 4) is 11.1 Å². The fourth-order valence-corrected chi connectivity index (χ4v) is 3.59. The lowest BCUT2D eigenvalue weighted by Gasteiger charge is -2.12. The maximum absolute atomic E-state index is 4.53. The fourth-order valence-electron chi connectivity index (χ4n) is 3.59. The van der Waals surface area contributed by atoms with Crippen LogP contribution < -0.4 is 5.32 Å². The third kappa shape index (κ3) is 3.76. The van der Waals surface area contributed by atoms with E-state index < -0.39 is 0 Å². The Morgan fingerprint density at radius 3 is 2.03 bits per heavy atom. The summed E-state index contributed by atoms with van der Waals surface area (Å²) < 4.78 is 0. The van der Waals surface area contributed by atoms with Crippen LogP contribution in [0.25, 0.3) is 21.9 Å². The summed E-state index contributed by atoms with van der Waals surface area (Å²) in [5.74, 6) is 0.761. The summed E-state index contributed by atoms with van der Waals surface area (Å²) in [6.07, 6.45) is 4.34. The number of rotatable bonds is 5. The standard InChI is InChI=1S/C26H20N4/c1-2-6-20(7-3-1)21-10-12-22(13-11-21)28-26-24-9-5-4-8-23(24)25(29-30-26)18-19-14-16-27-17-15-19/h1-17H,18H2,(H,28,30). The predicted molar refractivity (Wildman–Crippen MR) is 122 cm³/mol. The molecule has 1 N–H and O–H groups in total. The molecule has 0 bridgehead atoms. The van der Waals surface area contributed by atoms with Gasteiger partial charge in [-0.25, -0.2) is 0 Å². The number of nitrogens with zero attached hydrogens (tertiary/aromatic N) is 3. The molecule has 0 aliphatic carbocycles. The van der Waals surface area contributed by atoms with E-state index in [1.165, 1.54) is 16.7 Å². The van der Waals surface area contributed by atoms with E-state index in [-0.39, 0.29) is 0 Å². The van der Waals surface area contributed by atoms with Crippen LogP contribution in [-0.2, 0) is 6.42 Å². The van der Waals surface area contributed by atoms with Crippen molar-refractivity contribution < 1.29 is 0 Å². The average Bonchev–Trinajstić information content (AvgIpc) is 2.82. The van der Waals surface area contributed by atoms with Gasteiger partial charge in [-0.15, -0.1) is 5.10 Å². The van der Waals surface area contributed by atoms with Crippen LogP contribution in [0.4, 0.5) is 11.5 Å². The molecule has 30 heavy (non-hydrogen) atoms. The van der Waals surface area contributed by atoms with E-state index in [0.717, 1.165) is 34.4 Å². The molecule has 2 heterocycles. The minimum Gasteiger partial charge on any atom is -0.338 e. The second-order valence-electron chi connectivity index (χ2n) is 7.14. The first kappa shape index (κ1) is 18.0. The molecule has 3 aromatic carbocycles. The summed E-state index contributed by atoms with van der Waals surface area (Å²) in [7, 11) is 0. The largest absolute Gasteiger partial charge is 0.338 e. The second kappa shape index (κ2) is 8.13. The topological polar surface area (TPSA) is 50.7 Å². The van der Waals surface area contributed by atoms with Crippen molar-refractivity contribution >= 4 is 22.3 Å². The molecule has 4 heteroatoms. The Labute approximate surface area is 175 Å². The van der Waals surface area contributed by atoms with Gasteiger partial charge in [0.15, 0.2) is 5.82 Å². The van der Waals surface area contributed by atoms with E-state index in [1.807, 2.05) is 30.3 Å². The van der Waals surface area contributed by atoms with Crippen molar-refractivity contribution in [2.24, 2.45) is 0 Å². The molecular formula is C26H20N4. The highest BCUT2D eigenvalue weighted by Gasteiger charge is 2.10. The zero-order valence-electron chi connectivity index (χ0n) is 16.4. The van der Waals surface area contributed by atoms with Gasteiger partial charge in [-0.1, -0.05) is 66.7 Å². The molecule has 5 rings (SSSR count). The van der Waals surface area contributed by atoms with Crippen LogP contribution in [0.1, 0.15) is 11.3 Å². The Bertz CT molecular complexity index is 1270. The number of hydrogen-bond donors (Lipinski definition) is 1. The van der Waals surface area contributed by atoms with Gasteiger partial charge in [-0.2, -0.15) is 5.10 Å². The molecule has 0 atom stereocenters. The van der Waals surface area contributed by atoms with Crippen molar-refractivity contribution in [3.05, 3.63) is 115 Å². The lowest BCUT2D eigenvalue weighted by Crippen LogP contribution is -2.02. The van der Waals surface area contributed by atoms with Crippen molar-refractivity contribution in [1.82, 2.24) is 15.2 Å². The Morgan fingerprint density at radius 1 is 0.600 bits per heavy atom. The van der Waals surface area contributed by atoms with E-state index in [2.05, 4.69) is 81.2 Å². The zero-order valence-corrected chi connectivity index (χ0v) is 16.4. The molecule has 0 aliphatic rings. The van der Waals surface area contributed by atoms with Gasteiger partial charge in [-0.05, 0) is 41.0 Å². The SMILES string of the molecule is c1ccc(-c2ccc(Nc3nnc(Cc4ccncc4)c4ccccc34)cc2)cc1. The molecule has 4 nitrogen and oxygen atoms in total. The van der Waals surface area contributed by atoms with E-state index in [1.54, 1.807) is 12.4 Å². The number of aromatic nitrogens is 3. The molecular weight excluding hydrogens is 368 g/mol. The molecule has 0 fully saturated rings. The fraction of sp³-hybridized carbons (Fsp3) is 0.0385. The maximum atomic E-state index is 4.53. The average molecular weight is 388 g/mol. The van der Waals surface area contributed by atoms with Gasteiger partial charge in [0.05, 0.1) is 5.69 Å². The molecule has 0 saturated heterocycles. The molecule has 0 spiro atoms. The predicted octanol–water partition coefficient (Wildman–Crippen LogP) is 6.03. The first-order valence-corrected chi connectivity index (χ1v) is 9.92. The van der Waals surface area contributed by atoms with Gasteiger partial charge in [-0.3, -0.25) is 4.98 Å². The summed E-state index contributed by atoms with van der Waals surface area (Å²) in [4.78, 5) is 4.09. The van der Waals surface area contributed by atoms with Crippen LogP contribution in [0.5, 0.6) is 0 Å². The lowest BCUT2D eigenvalue weighted by atomic mass is 10.0. The third-order valence-corrected chi connectivity index (χ3v) is 5.14. The molecule has 5 aromatic rings. The van der Waals surface area contributed by atoms with E-state index >= 15 is 0 Å². The minimum atomic E-state index is 0.724. The van der Waals surface area contributed by atoms with Gasteiger partial charge >= 0.3 is 0 Å². The first-order valence-electron chi connectivity index (χ1n) is 9.92. The third-order valence-electron chi connectivity index (χ3n) is 5.14. The maximum Gasteiger partial charge on any atom is 0.160 e. The molecule has 0 aliphatic heterocycles. The zero-order chi connectivity index (χ0) is 20.2. The number of anilines is 2. The molecule has 0 amide bonds. The smallest absolute Gasteiger partial charge is 0.160 e. The highest BCUT2D eigenvalue weighted by molar-refractivity contribution is 5.94. The lowest BCUT2D eigenvalue weighted by molar-refractivity contribution is 0.960. The second-order valence-corrected chi connectivity index (χ2v) is 7.14. The normalized spacial score (nSPS) is 10.8. The number of benzene rings is 3. The Morgan fingerprint density at radius 2 is 1.27 bits per heavy atom. The Balaban J connectivity index is 1.44. The summed E-state index contributed by atoms with van der Waals surface area (Å²) in [5.41, 5.74) is 5.50. The van der Waals surface area contributed by atoms with Gasteiger partial charge < -0.3 is 5.32 Å². The van der Waals surface area contributed by atoms with Crippen LogP contribution in [0.15, 0.2) is 103 Å². The van der Waals surface area contributed by atoms with Crippen molar-refractivity contribution in [1.29, 1.82) is 0 Å². The summed E-state index contributed by atoms with van der Waals surface area (Å²) in [6, 6.07) is 31.0. The summed E-state index contributed by atoms with van der Waals surface area (Å²) >= 11 is 0. The van der Waals surface area contributed by atoms with E-state index in [9.17, 15) is 0 Å². The van der Waals surface area contributed by atoms with Gasteiger partial charge in [0.1, 0.15) is 0 Å². The molecule has 0 unspecified atom stereocenters. The van der Waals surface area contributed by atoms with Gasteiger partial charge in [0, 0.05) is 35.3 Å². The number of hydrogen-bond acceptors (Lipinski definition) is 4. The van der Waals surface area contributed by atoms with E-state index in [4.69, 9.17) is 0 Å². The minimum absolute atomic E-state index is 0.724. The van der Waals surface area contributed by atoms with Crippen LogP contribution in [0, 0.1) is 0 Å². The van der Waals surface area contributed by atoms with Crippen LogP contribution >= 0.6 is 0 Å².